The Morgan fingerprint density at radius 3 is 2.92 bits per heavy atom. The number of rotatable bonds is 2. The summed E-state index contributed by atoms with van der Waals surface area (Å²) >= 11 is 1.90. The molecule has 0 fully saturated rings. The number of nitrogens with zero attached hydrogens (tertiary/aromatic N) is 1. The molecule has 68 valence electrons. The van der Waals surface area contributed by atoms with Crippen molar-refractivity contribution in [1.82, 2.24) is 0 Å². The van der Waals surface area contributed by atoms with Gasteiger partial charge in [-0.25, -0.2) is 4.39 Å². The minimum Gasteiger partial charge on any atom is -0.323 e. The van der Waals surface area contributed by atoms with Crippen molar-refractivity contribution in [1.29, 1.82) is 5.26 Å². The maximum Gasteiger partial charge on any atom is 0.136 e. The summed E-state index contributed by atoms with van der Waals surface area (Å²) in [6.45, 7) is 0. The highest BCUT2D eigenvalue weighted by molar-refractivity contribution is 14.1. The van der Waals surface area contributed by atoms with Crippen LogP contribution in [-0.2, 0) is 0 Å². The van der Waals surface area contributed by atoms with E-state index in [0.717, 1.165) is 0 Å². The van der Waals surface area contributed by atoms with E-state index in [1.165, 1.54) is 6.07 Å². The molecule has 1 aromatic carbocycles. The van der Waals surface area contributed by atoms with Crippen LogP contribution in [0.1, 0.15) is 18.0 Å². The van der Waals surface area contributed by atoms with Crippen LogP contribution in [-0.4, -0.2) is 0 Å². The summed E-state index contributed by atoms with van der Waals surface area (Å²) in [6, 6.07) is 6.29. The van der Waals surface area contributed by atoms with E-state index in [9.17, 15) is 4.39 Å². The van der Waals surface area contributed by atoms with Crippen molar-refractivity contribution in [2.45, 2.75) is 12.5 Å². The van der Waals surface area contributed by atoms with Gasteiger partial charge in [0.05, 0.1) is 16.1 Å². The summed E-state index contributed by atoms with van der Waals surface area (Å²) in [5, 5.41) is 8.43. The first kappa shape index (κ1) is 10.4. The van der Waals surface area contributed by atoms with Crippen LogP contribution in [0, 0.1) is 20.7 Å². The van der Waals surface area contributed by atoms with Gasteiger partial charge < -0.3 is 5.73 Å². The van der Waals surface area contributed by atoms with E-state index < -0.39 is 6.04 Å². The zero-order chi connectivity index (χ0) is 9.84. The van der Waals surface area contributed by atoms with E-state index in [2.05, 4.69) is 0 Å². The van der Waals surface area contributed by atoms with Gasteiger partial charge in [0.15, 0.2) is 0 Å². The molecular weight excluding hydrogens is 282 g/mol. The molecule has 0 aliphatic rings. The van der Waals surface area contributed by atoms with E-state index in [4.69, 9.17) is 11.0 Å². The normalized spacial score (nSPS) is 12.2. The first-order valence-electron chi connectivity index (χ1n) is 3.73. The predicted octanol–water partition coefficient (Wildman–Crippen LogP) is 2.34. The molecule has 0 radical (unpaired) electrons. The van der Waals surface area contributed by atoms with Crippen LogP contribution in [0.15, 0.2) is 18.2 Å². The van der Waals surface area contributed by atoms with Crippen molar-refractivity contribution < 1.29 is 4.39 Å². The highest BCUT2D eigenvalue weighted by Gasteiger charge is 2.11. The molecule has 13 heavy (non-hydrogen) atoms. The number of benzene rings is 1. The lowest BCUT2D eigenvalue weighted by Crippen LogP contribution is -2.11. The summed E-state index contributed by atoms with van der Waals surface area (Å²) < 4.78 is 13.5. The van der Waals surface area contributed by atoms with Gasteiger partial charge in [0.25, 0.3) is 0 Å². The van der Waals surface area contributed by atoms with Crippen molar-refractivity contribution in [2.75, 3.05) is 0 Å². The Morgan fingerprint density at radius 1 is 1.62 bits per heavy atom. The first-order valence-corrected chi connectivity index (χ1v) is 4.81. The molecule has 1 rings (SSSR count). The Bertz CT molecular complexity index is 346. The number of hydrogen-bond acceptors (Lipinski definition) is 2. The van der Waals surface area contributed by atoms with Crippen LogP contribution in [0.3, 0.4) is 0 Å². The fraction of sp³-hybridized carbons (Fsp3) is 0.222. The lowest BCUT2D eigenvalue weighted by molar-refractivity contribution is 0.611. The fourth-order valence-corrected chi connectivity index (χ4v) is 1.77. The van der Waals surface area contributed by atoms with Gasteiger partial charge in [0.2, 0.25) is 0 Å². The molecule has 2 nitrogen and oxygen atoms in total. The van der Waals surface area contributed by atoms with Crippen molar-refractivity contribution in [2.24, 2.45) is 5.73 Å². The molecule has 0 saturated carbocycles. The number of hydrogen-bond donors (Lipinski definition) is 1. The smallest absolute Gasteiger partial charge is 0.136 e. The Labute approximate surface area is 89.7 Å². The van der Waals surface area contributed by atoms with Crippen LogP contribution >= 0.6 is 22.6 Å². The number of nitrogens with two attached hydrogens (primary N) is 1. The van der Waals surface area contributed by atoms with Crippen LogP contribution < -0.4 is 5.73 Å². The van der Waals surface area contributed by atoms with Gasteiger partial charge in [-0.3, -0.25) is 0 Å². The van der Waals surface area contributed by atoms with E-state index in [-0.39, 0.29) is 12.2 Å². The highest BCUT2D eigenvalue weighted by atomic mass is 127. The SMILES string of the molecule is N#CC[C@@H](N)c1cccc(F)c1I. The molecule has 0 spiro atoms. The fourth-order valence-electron chi connectivity index (χ4n) is 1.02. The third-order valence-corrected chi connectivity index (χ3v) is 2.83. The number of halogens is 2. The van der Waals surface area contributed by atoms with E-state index >= 15 is 0 Å². The minimum absolute atomic E-state index is 0.208. The average Bonchev–Trinajstić information content (AvgIpc) is 2.10. The van der Waals surface area contributed by atoms with Gasteiger partial charge in [-0.1, -0.05) is 12.1 Å². The molecular formula is C9H8FIN2. The monoisotopic (exact) mass is 290 g/mol. The lowest BCUT2D eigenvalue weighted by Gasteiger charge is -2.10. The maximum absolute atomic E-state index is 13.0. The quantitative estimate of drug-likeness (QED) is 0.850. The summed E-state index contributed by atoms with van der Waals surface area (Å²) in [5.41, 5.74) is 6.38. The molecule has 0 aromatic heterocycles. The molecule has 0 aliphatic carbocycles. The van der Waals surface area contributed by atoms with E-state index in [1.54, 1.807) is 12.1 Å². The molecule has 4 heteroatoms. The van der Waals surface area contributed by atoms with Crippen LogP contribution in [0.5, 0.6) is 0 Å². The zero-order valence-electron chi connectivity index (χ0n) is 6.80. The van der Waals surface area contributed by atoms with E-state index in [0.29, 0.717) is 9.13 Å². The Morgan fingerprint density at radius 2 is 2.31 bits per heavy atom. The van der Waals surface area contributed by atoms with Gasteiger partial charge in [0, 0.05) is 6.04 Å². The molecule has 0 heterocycles. The van der Waals surface area contributed by atoms with Crippen LogP contribution in [0.2, 0.25) is 0 Å². The Kier molecular flexibility index (Phi) is 3.63. The van der Waals surface area contributed by atoms with Gasteiger partial charge in [-0.2, -0.15) is 5.26 Å². The average molecular weight is 290 g/mol. The lowest BCUT2D eigenvalue weighted by atomic mass is 10.1. The van der Waals surface area contributed by atoms with Crippen molar-refractivity contribution in [3.63, 3.8) is 0 Å². The zero-order valence-corrected chi connectivity index (χ0v) is 8.95. The molecule has 0 aliphatic heterocycles. The van der Waals surface area contributed by atoms with E-state index in [1.807, 2.05) is 28.7 Å². The van der Waals surface area contributed by atoms with Crippen molar-refractivity contribution in [3.05, 3.63) is 33.1 Å². The summed E-state index contributed by atoms with van der Waals surface area (Å²) in [6.07, 6.45) is 0.208. The van der Waals surface area contributed by atoms with Gasteiger partial charge in [-0.05, 0) is 34.2 Å². The van der Waals surface area contributed by atoms with Crippen molar-refractivity contribution >= 4 is 22.6 Å². The third kappa shape index (κ3) is 2.39. The van der Waals surface area contributed by atoms with Gasteiger partial charge >= 0.3 is 0 Å². The predicted molar refractivity (Wildman–Crippen MR) is 56.3 cm³/mol. The third-order valence-electron chi connectivity index (χ3n) is 1.69. The Balaban J connectivity index is 3.02. The standard InChI is InChI=1S/C9H8FIN2/c10-7-3-1-2-6(9(7)11)8(13)4-5-12/h1-3,8H,4,13H2/t8-/m1/s1. The largest absolute Gasteiger partial charge is 0.323 e. The molecule has 0 bridgehead atoms. The summed E-state index contributed by atoms with van der Waals surface area (Å²) in [5.74, 6) is -0.286. The minimum atomic E-state index is -0.396. The summed E-state index contributed by atoms with van der Waals surface area (Å²) in [7, 11) is 0. The molecule has 1 atom stereocenters. The van der Waals surface area contributed by atoms with Gasteiger partial charge in [-0.15, -0.1) is 0 Å². The van der Waals surface area contributed by atoms with Gasteiger partial charge in [0.1, 0.15) is 5.82 Å². The molecule has 0 amide bonds. The second-order valence-electron chi connectivity index (χ2n) is 2.61. The van der Waals surface area contributed by atoms with Crippen LogP contribution in [0.25, 0.3) is 0 Å². The molecule has 1 aromatic rings. The second-order valence-corrected chi connectivity index (χ2v) is 3.69. The number of nitriles is 1. The molecule has 2 N–H and O–H groups in total. The first-order chi connectivity index (χ1) is 6.16. The second kappa shape index (κ2) is 4.53. The topological polar surface area (TPSA) is 49.8 Å². The molecule has 0 unspecified atom stereocenters. The Hall–Kier alpha value is -0.670. The summed E-state index contributed by atoms with van der Waals surface area (Å²) in [4.78, 5) is 0. The molecule has 0 saturated heterocycles. The van der Waals surface area contributed by atoms with Crippen LogP contribution in [0.4, 0.5) is 4.39 Å². The van der Waals surface area contributed by atoms with Crippen molar-refractivity contribution in [3.8, 4) is 6.07 Å². The highest BCUT2D eigenvalue weighted by Crippen LogP contribution is 2.22. The maximum atomic E-state index is 13.0.